The van der Waals surface area contributed by atoms with Gasteiger partial charge < -0.3 is 10.0 Å². The van der Waals surface area contributed by atoms with Crippen LogP contribution < -0.4 is 5.43 Å². The van der Waals surface area contributed by atoms with E-state index in [1.54, 1.807) is 4.90 Å². The number of carbonyl (C=O) groups excluding carboxylic acids is 2. The lowest BCUT2D eigenvalue weighted by molar-refractivity contribution is -0.130. The molecule has 0 radical (unpaired) electrons. The molecule has 1 saturated heterocycles. The molecular weight excluding hydrogens is 270 g/mol. The zero-order chi connectivity index (χ0) is 15.0. The van der Waals surface area contributed by atoms with Crippen LogP contribution in [0.15, 0.2) is 28.5 Å². The fraction of sp³-hybridized carbons (Fsp3) is 0.533. The van der Waals surface area contributed by atoms with Gasteiger partial charge in [0.25, 0.3) is 0 Å². The van der Waals surface area contributed by atoms with Crippen LogP contribution >= 0.6 is 0 Å². The molecule has 1 fully saturated rings. The predicted octanol–water partition coefficient (Wildman–Crippen LogP) is 0.553. The molecule has 0 aromatic heterocycles. The molecule has 0 saturated carbocycles. The van der Waals surface area contributed by atoms with Gasteiger partial charge in [0.1, 0.15) is 0 Å². The van der Waals surface area contributed by atoms with Gasteiger partial charge in [0.15, 0.2) is 0 Å². The summed E-state index contributed by atoms with van der Waals surface area (Å²) in [4.78, 5) is 24.8. The summed E-state index contributed by atoms with van der Waals surface area (Å²) < 4.78 is 0. The predicted molar refractivity (Wildman–Crippen MR) is 77.0 cm³/mol. The molecule has 2 amide bonds. The Kier molecular flexibility index (Phi) is 3.63. The van der Waals surface area contributed by atoms with Crippen LogP contribution in [0.5, 0.6) is 0 Å². The number of carbonyl (C=O) groups is 2. The highest BCUT2D eigenvalue weighted by Gasteiger charge is 2.34. The van der Waals surface area contributed by atoms with Crippen molar-refractivity contribution in [3.63, 3.8) is 0 Å². The number of rotatable bonds is 2. The molecule has 21 heavy (non-hydrogen) atoms. The number of fused-ring (bicyclic) bond motifs is 1. The van der Waals surface area contributed by atoms with E-state index in [4.69, 9.17) is 0 Å². The lowest BCUT2D eigenvalue weighted by atomic mass is 9.80. The summed E-state index contributed by atoms with van der Waals surface area (Å²) in [6, 6.07) is 0. The third-order valence-corrected chi connectivity index (χ3v) is 4.48. The lowest BCUT2D eigenvalue weighted by Crippen LogP contribution is -2.39. The Labute approximate surface area is 123 Å². The molecule has 0 aromatic rings. The van der Waals surface area contributed by atoms with Crippen molar-refractivity contribution < 1.29 is 14.7 Å². The van der Waals surface area contributed by atoms with E-state index >= 15 is 0 Å². The summed E-state index contributed by atoms with van der Waals surface area (Å²) in [5.74, 6) is 0.0774. The van der Waals surface area contributed by atoms with Gasteiger partial charge in [-0.05, 0) is 24.5 Å². The average molecular weight is 289 g/mol. The van der Waals surface area contributed by atoms with Gasteiger partial charge >= 0.3 is 0 Å². The second-order valence-corrected chi connectivity index (χ2v) is 5.79. The number of hydrazone groups is 1. The van der Waals surface area contributed by atoms with Crippen molar-refractivity contribution in [1.82, 2.24) is 10.3 Å². The summed E-state index contributed by atoms with van der Waals surface area (Å²) in [5, 5.41) is 13.6. The van der Waals surface area contributed by atoms with Crippen LogP contribution in [-0.4, -0.2) is 41.2 Å². The van der Waals surface area contributed by atoms with Crippen molar-refractivity contribution in [2.45, 2.75) is 25.7 Å². The number of nitrogens with one attached hydrogen (secondary N) is 1. The Balaban J connectivity index is 1.87. The quantitative estimate of drug-likeness (QED) is 0.779. The fourth-order valence-electron chi connectivity index (χ4n) is 3.26. The smallest absolute Gasteiger partial charge is 0.240 e. The normalized spacial score (nSPS) is 29.2. The van der Waals surface area contributed by atoms with E-state index in [1.807, 2.05) is 19.2 Å². The first-order chi connectivity index (χ1) is 10.1. The van der Waals surface area contributed by atoms with E-state index in [-0.39, 0.29) is 30.8 Å². The zero-order valence-corrected chi connectivity index (χ0v) is 12.0. The van der Waals surface area contributed by atoms with Gasteiger partial charge in [0, 0.05) is 37.4 Å². The Bertz CT molecular complexity index is 577. The number of allylic oxidation sites excluding steroid dienone is 4. The molecule has 3 rings (SSSR count). The molecule has 3 aliphatic rings. The summed E-state index contributed by atoms with van der Waals surface area (Å²) in [6.45, 7) is -0.0801. The van der Waals surface area contributed by atoms with E-state index in [2.05, 4.69) is 10.5 Å². The zero-order valence-electron chi connectivity index (χ0n) is 12.0. The summed E-state index contributed by atoms with van der Waals surface area (Å²) in [7, 11) is 1.81. The standard InChI is InChI=1S/C15H19N3O3/c1-18-12-4-2-10(6-9(12)3-5-14(18)21)15-11(8-19)7-13(20)16-17-15/h2,4,9,11,19H,3,5-8H2,1H3,(H,16,20). The molecule has 0 spiro atoms. The fourth-order valence-corrected chi connectivity index (χ4v) is 3.26. The van der Waals surface area contributed by atoms with Gasteiger partial charge in [-0.25, -0.2) is 5.43 Å². The first-order valence-electron chi connectivity index (χ1n) is 7.25. The molecule has 2 atom stereocenters. The summed E-state index contributed by atoms with van der Waals surface area (Å²) >= 11 is 0. The van der Waals surface area contributed by atoms with Crippen molar-refractivity contribution in [3.05, 3.63) is 23.4 Å². The number of aliphatic hydroxyl groups is 1. The molecule has 6 nitrogen and oxygen atoms in total. The molecule has 0 aromatic carbocycles. The molecule has 112 valence electrons. The van der Waals surface area contributed by atoms with E-state index in [0.717, 1.165) is 29.8 Å². The highest BCUT2D eigenvalue weighted by atomic mass is 16.3. The van der Waals surface area contributed by atoms with Gasteiger partial charge in [-0.1, -0.05) is 6.08 Å². The van der Waals surface area contributed by atoms with Gasteiger partial charge in [0.05, 0.1) is 12.3 Å². The molecule has 6 heteroatoms. The topological polar surface area (TPSA) is 82.0 Å². The van der Waals surface area contributed by atoms with Crippen LogP contribution in [0.4, 0.5) is 0 Å². The Hall–Kier alpha value is -1.95. The largest absolute Gasteiger partial charge is 0.396 e. The van der Waals surface area contributed by atoms with Crippen molar-refractivity contribution in [3.8, 4) is 0 Å². The summed E-state index contributed by atoms with van der Waals surface area (Å²) in [5.41, 5.74) is 5.36. The van der Waals surface area contributed by atoms with E-state index in [9.17, 15) is 14.7 Å². The number of likely N-dealkylation sites (tertiary alicyclic amines) is 1. The number of hydrogen-bond acceptors (Lipinski definition) is 4. The highest BCUT2D eigenvalue weighted by Crippen LogP contribution is 2.36. The third-order valence-electron chi connectivity index (χ3n) is 4.48. The Morgan fingerprint density at radius 2 is 2.19 bits per heavy atom. The molecule has 2 heterocycles. The minimum atomic E-state index is -0.233. The summed E-state index contributed by atoms with van der Waals surface area (Å²) in [6.07, 6.45) is 6.41. The van der Waals surface area contributed by atoms with Gasteiger partial charge in [-0.3, -0.25) is 9.59 Å². The molecule has 0 bridgehead atoms. The lowest BCUT2D eigenvalue weighted by Gasteiger charge is -2.36. The second-order valence-electron chi connectivity index (χ2n) is 5.79. The molecule has 1 aliphatic carbocycles. The van der Waals surface area contributed by atoms with Crippen molar-refractivity contribution in [1.29, 1.82) is 0 Å². The maximum absolute atomic E-state index is 11.7. The second kappa shape index (κ2) is 5.44. The first-order valence-corrected chi connectivity index (χ1v) is 7.25. The van der Waals surface area contributed by atoms with Crippen molar-refractivity contribution in [2.75, 3.05) is 13.7 Å². The van der Waals surface area contributed by atoms with E-state index < -0.39 is 0 Å². The maximum atomic E-state index is 11.7. The highest BCUT2D eigenvalue weighted by molar-refractivity contribution is 6.06. The minimum Gasteiger partial charge on any atom is -0.396 e. The van der Waals surface area contributed by atoms with Crippen LogP contribution in [0.25, 0.3) is 0 Å². The molecule has 2 unspecified atom stereocenters. The van der Waals surface area contributed by atoms with Gasteiger partial charge in [0.2, 0.25) is 11.8 Å². The average Bonchev–Trinajstić information content (AvgIpc) is 2.50. The van der Waals surface area contributed by atoms with Crippen LogP contribution in [0.2, 0.25) is 0 Å². The number of piperidine rings is 1. The number of hydrogen-bond donors (Lipinski definition) is 2. The Morgan fingerprint density at radius 3 is 2.95 bits per heavy atom. The van der Waals surface area contributed by atoms with Crippen LogP contribution in [0, 0.1) is 11.8 Å². The van der Waals surface area contributed by atoms with Gasteiger partial charge in [-0.15, -0.1) is 0 Å². The van der Waals surface area contributed by atoms with Crippen molar-refractivity contribution in [2.24, 2.45) is 16.9 Å². The molecule has 2 N–H and O–H groups in total. The number of amides is 2. The SMILES string of the molecule is CN1C(=O)CCC2CC(C3=NNC(=O)CC3CO)=CC=C21. The maximum Gasteiger partial charge on any atom is 0.240 e. The van der Waals surface area contributed by atoms with Crippen LogP contribution in [0.3, 0.4) is 0 Å². The monoisotopic (exact) mass is 289 g/mol. The first kappa shape index (κ1) is 14.0. The minimum absolute atomic E-state index is 0.0801. The van der Waals surface area contributed by atoms with Crippen molar-refractivity contribution >= 4 is 17.5 Å². The molecular formula is C15H19N3O3. The van der Waals surface area contributed by atoms with E-state index in [1.165, 1.54) is 0 Å². The molecule has 2 aliphatic heterocycles. The van der Waals surface area contributed by atoms with Crippen LogP contribution in [0.1, 0.15) is 25.7 Å². The van der Waals surface area contributed by atoms with E-state index in [0.29, 0.717) is 12.3 Å². The van der Waals surface area contributed by atoms with Gasteiger partial charge in [-0.2, -0.15) is 5.10 Å². The Morgan fingerprint density at radius 1 is 1.38 bits per heavy atom. The third kappa shape index (κ3) is 2.51. The number of aliphatic hydroxyl groups excluding tert-OH is 1. The van der Waals surface area contributed by atoms with Crippen LogP contribution in [-0.2, 0) is 9.59 Å². The number of nitrogens with zero attached hydrogens (tertiary/aromatic N) is 2.